The molecule has 0 aliphatic carbocycles. The third kappa shape index (κ3) is 3.06. The molecule has 0 spiro atoms. The Kier molecular flexibility index (Phi) is 3.85. The minimum atomic E-state index is -0.456. The van der Waals surface area contributed by atoms with E-state index in [4.69, 9.17) is 0 Å². The summed E-state index contributed by atoms with van der Waals surface area (Å²) in [5.41, 5.74) is 0.502. The minimum absolute atomic E-state index is 0.0167. The molecule has 1 rings (SSSR count). The van der Waals surface area contributed by atoms with E-state index >= 15 is 0 Å². The molecule has 0 saturated heterocycles. The first-order valence-corrected chi connectivity index (χ1v) is 5.58. The largest absolute Gasteiger partial charge is 0.300 e. The van der Waals surface area contributed by atoms with Gasteiger partial charge in [0.05, 0.1) is 4.92 Å². The van der Waals surface area contributed by atoms with Gasteiger partial charge in [0.1, 0.15) is 5.78 Å². The van der Waals surface area contributed by atoms with E-state index in [2.05, 4.69) is 0 Å². The van der Waals surface area contributed by atoms with Crippen molar-refractivity contribution in [2.45, 2.75) is 18.2 Å². The first-order valence-electron chi connectivity index (χ1n) is 4.35. The molecule has 0 unspecified atom stereocenters. The normalized spacial score (nSPS) is 10.0. The second-order valence-corrected chi connectivity index (χ2v) is 4.01. The number of nitrogens with zero attached hydrogens (tertiary/aromatic N) is 1. The molecule has 4 nitrogen and oxygen atoms in total. The first-order chi connectivity index (χ1) is 7.04. The lowest BCUT2D eigenvalue weighted by Crippen LogP contribution is -2.01. The summed E-state index contributed by atoms with van der Waals surface area (Å²) < 4.78 is 0. The summed E-state index contributed by atoms with van der Waals surface area (Å²) in [6.07, 6.45) is 2.00. The average Bonchev–Trinajstić information content (AvgIpc) is 2.16. The van der Waals surface area contributed by atoms with Gasteiger partial charge in [-0.3, -0.25) is 14.9 Å². The van der Waals surface area contributed by atoms with E-state index in [-0.39, 0.29) is 17.9 Å². The Labute approximate surface area is 91.8 Å². The van der Waals surface area contributed by atoms with Crippen LogP contribution in [0.15, 0.2) is 23.1 Å². The van der Waals surface area contributed by atoms with Gasteiger partial charge in [-0.05, 0) is 25.3 Å². The summed E-state index contributed by atoms with van der Waals surface area (Å²) in [5, 5.41) is 10.7. The molecule has 0 fully saturated rings. The average molecular weight is 225 g/mol. The lowest BCUT2D eigenvalue weighted by molar-refractivity contribution is -0.385. The lowest BCUT2D eigenvalue weighted by atomic mass is 10.1. The summed E-state index contributed by atoms with van der Waals surface area (Å²) >= 11 is 1.50. The molecule has 0 atom stereocenters. The summed E-state index contributed by atoms with van der Waals surface area (Å²) in [4.78, 5) is 22.1. The number of hydrogen-bond acceptors (Lipinski definition) is 4. The number of nitro groups is 1. The molecule has 0 heterocycles. The highest BCUT2D eigenvalue weighted by Crippen LogP contribution is 2.25. The molecular weight excluding hydrogens is 214 g/mol. The first kappa shape index (κ1) is 11.7. The summed E-state index contributed by atoms with van der Waals surface area (Å²) in [6.45, 7) is 1.43. The summed E-state index contributed by atoms with van der Waals surface area (Å²) in [6, 6.07) is 4.83. The number of Topliss-reactive ketones (excluding diaryl/α,β-unsaturated/α-hetero) is 1. The third-order valence-electron chi connectivity index (χ3n) is 1.92. The lowest BCUT2D eigenvalue weighted by Gasteiger charge is -2.02. The van der Waals surface area contributed by atoms with E-state index < -0.39 is 4.92 Å². The molecule has 1 aromatic carbocycles. The molecule has 0 radical (unpaired) electrons. The molecular formula is C10H11NO3S. The van der Waals surface area contributed by atoms with Gasteiger partial charge < -0.3 is 0 Å². The Hall–Kier alpha value is -1.36. The van der Waals surface area contributed by atoms with Crippen LogP contribution in [0, 0.1) is 10.1 Å². The number of ketones is 1. The van der Waals surface area contributed by atoms with Crippen LogP contribution in [0.4, 0.5) is 5.69 Å². The van der Waals surface area contributed by atoms with Gasteiger partial charge in [-0.2, -0.15) is 0 Å². The Morgan fingerprint density at radius 3 is 2.67 bits per heavy atom. The number of benzene rings is 1. The molecule has 1 aromatic rings. The van der Waals surface area contributed by atoms with Crippen LogP contribution < -0.4 is 0 Å². The van der Waals surface area contributed by atoms with Crippen LogP contribution in [0.25, 0.3) is 0 Å². The van der Waals surface area contributed by atoms with Crippen molar-refractivity contribution in [3.63, 3.8) is 0 Å². The van der Waals surface area contributed by atoms with Crippen molar-refractivity contribution in [2.24, 2.45) is 0 Å². The number of carbonyl (C=O) groups excluding carboxylic acids is 1. The van der Waals surface area contributed by atoms with Gasteiger partial charge in [0.25, 0.3) is 5.69 Å². The standard InChI is InChI=1S/C10H11NO3S/c1-7(12)5-8-6-9(15-2)3-4-10(8)11(13)14/h3-4,6H,5H2,1-2H3. The van der Waals surface area contributed by atoms with E-state index in [1.165, 1.54) is 24.8 Å². The molecule has 0 saturated carbocycles. The highest BCUT2D eigenvalue weighted by Gasteiger charge is 2.15. The molecule has 0 aromatic heterocycles. The predicted molar refractivity (Wildman–Crippen MR) is 59.3 cm³/mol. The summed E-state index contributed by atoms with van der Waals surface area (Å²) in [5.74, 6) is -0.0728. The van der Waals surface area contributed by atoms with Crippen molar-refractivity contribution in [2.75, 3.05) is 6.26 Å². The quantitative estimate of drug-likeness (QED) is 0.448. The predicted octanol–water partition coefficient (Wildman–Crippen LogP) is 2.45. The molecule has 0 aliphatic heterocycles. The molecule has 0 aliphatic rings. The SMILES string of the molecule is CSc1ccc([N+](=O)[O-])c(CC(C)=O)c1. The number of thioether (sulfide) groups is 1. The van der Waals surface area contributed by atoms with Crippen LogP contribution in [0.3, 0.4) is 0 Å². The van der Waals surface area contributed by atoms with Crippen LogP contribution >= 0.6 is 11.8 Å². The Balaban J connectivity index is 3.16. The van der Waals surface area contributed by atoms with E-state index in [9.17, 15) is 14.9 Å². The van der Waals surface area contributed by atoms with Crippen molar-refractivity contribution in [3.8, 4) is 0 Å². The van der Waals surface area contributed by atoms with E-state index in [0.29, 0.717) is 5.56 Å². The zero-order valence-electron chi connectivity index (χ0n) is 8.52. The monoisotopic (exact) mass is 225 g/mol. The third-order valence-corrected chi connectivity index (χ3v) is 2.65. The van der Waals surface area contributed by atoms with Crippen molar-refractivity contribution < 1.29 is 9.72 Å². The maximum Gasteiger partial charge on any atom is 0.273 e. The van der Waals surface area contributed by atoms with Gasteiger partial charge in [0, 0.05) is 22.9 Å². The number of carbonyl (C=O) groups is 1. The maximum atomic E-state index is 11.0. The van der Waals surface area contributed by atoms with Crippen LogP contribution in [-0.4, -0.2) is 17.0 Å². The highest BCUT2D eigenvalue weighted by atomic mass is 32.2. The fourth-order valence-electron chi connectivity index (χ4n) is 1.28. The summed E-state index contributed by atoms with van der Waals surface area (Å²) in [7, 11) is 0. The van der Waals surface area contributed by atoms with Gasteiger partial charge in [0.15, 0.2) is 0 Å². The van der Waals surface area contributed by atoms with Crippen molar-refractivity contribution >= 4 is 23.2 Å². The van der Waals surface area contributed by atoms with Gasteiger partial charge in [-0.15, -0.1) is 11.8 Å². The second kappa shape index (κ2) is 4.93. The number of nitro benzene ring substituents is 1. The molecule has 0 amide bonds. The minimum Gasteiger partial charge on any atom is -0.300 e. The van der Waals surface area contributed by atoms with Crippen molar-refractivity contribution in [1.82, 2.24) is 0 Å². The Bertz CT molecular complexity index is 404. The molecule has 0 N–H and O–H groups in total. The van der Waals surface area contributed by atoms with Gasteiger partial charge in [0.2, 0.25) is 0 Å². The maximum absolute atomic E-state index is 11.0. The van der Waals surface area contributed by atoms with Gasteiger partial charge in [-0.25, -0.2) is 0 Å². The van der Waals surface area contributed by atoms with Crippen molar-refractivity contribution in [3.05, 3.63) is 33.9 Å². The Morgan fingerprint density at radius 2 is 2.20 bits per heavy atom. The van der Waals surface area contributed by atoms with Crippen LogP contribution in [0.1, 0.15) is 12.5 Å². The van der Waals surface area contributed by atoms with E-state index in [0.717, 1.165) is 4.90 Å². The number of rotatable bonds is 4. The second-order valence-electron chi connectivity index (χ2n) is 3.13. The molecule has 0 bridgehead atoms. The molecule has 5 heteroatoms. The van der Waals surface area contributed by atoms with E-state index in [1.54, 1.807) is 12.1 Å². The molecule has 80 valence electrons. The topological polar surface area (TPSA) is 60.2 Å². The fraction of sp³-hybridized carbons (Fsp3) is 0.300. The zero-order valence-corrected chi connectivity index (χ0v) is 9.34. The zero-order chi connectivity index (χ0) is 11.4. The van der Waals surface area contributed by atoms with Crippen molar-refractivity contribution in [1.29, 1.82) is 0 Å². The number of hydrogen-bond donors (Lipinski definition) is 0. The van der Waals surface area contributed by atoms with Crippen LogP contribution in [0.2, 0.25) is 0 Å². The highest BCUT2D eigenvalue weighted by molar-refractivity contribution is 7.98. The fourth-order valence-corrected chi connectivity index (χ4v) is 1.74. The van der Waals surface area contributed by atoms with Crippen LogP contribution in [0.5, 0.6) is 0 Å². The van der Waals surface area contributed by atoms with Gasteiger partial charge in [-0.1, -0.05) is 0 Å². The molecule has 15 heavy (non-hydrogen) atoms. The van der Waals surface area contributed by atoms with E-state index in [1.807, 2.05) is 6.26 Å². The Morgan fingerprint density at radius 1 is 1.53 bits per heavy atom. The van der Waals surface area contributed by atoms with Gasteiger partial charge >= 0.3 is 0 Å². The van der Waals surface area contributed by atoms with Crippen LogP contribution in [-0.2, 0) is 11.2 Å². The smallest absolute Gasteiger partial charge is 0.273 e.